The van der Waals surface area contributed by atoms with Crippen LogP contribution in [0.1, 0.15) is 57.5 Å². The zero-order chi connectivity index (χ0) is 11.7. The Morgan fingerprint density at radius 2 is 1.94 bits per heavy atom. The molecule has 0 aliphatic rings. The first-order valence-electron chi connectivity index (χ1n) is 5.98. The standard InChI is InChI=1S/C13H19N3/c1-5-9(4)12-15-11-7-6-10(8(2)3)14-13(11)16-12/h6-9H,5H2,1-4H3,(H,14,15,16). The smallest absolute Gasteiger partial charge is 0.177 e. The number of fused-ring (bicyclic) bond motifs is 1. The van der Waals surface area contributed by atoms with E-state index in [1.165, 1.54) is 0 Å². The highest BCUT2D eigenvalue weighted by molar-refractivity contribution is 5.70. The monoisotopic (exact) mass is 217 g/mol. The molecule has 0 fully saturated rings. The Morgan fingerprint density at radius 1 is 1.19 bits per heavy atom. The van der Waals surface area contributed by atoms with Crippen molar-refractivity contribution < 1.29 is 0 Å². The van der Waals surface area contributed by atoms with Crippen LogP contribution >= 0.6 is 0 Å². The molecule has 0 bridgehead atoms. The topological polar surface area (TPSA) is 41.6 Å². The van der Waals surface area contributed by atoms with Crippen molar-refractivity contribution >= 4 is 11.2 Å². The fourth-order valence-electron chi connectivity index (χ4n) is 1.67. The number of rotatable bonds is 3. The molecule has 2 heterocycles. The van der Waals surface area contributed by atoms with Gasteiger partial charge in [-0.15, -0.1) is 0 Å². The lowest BCUT2D eigenvalue weighted by Crippen LogP contribution is -1.93. The molecule has 3 heteroatoms. The van der Waals surface area contributed by atoms with Crippen LogP contribution in [0.4, 0.5) is 0 Å². The third kappa shape index (κ3) is 1.94. The molecule has 0 aliphatic heterocycles. The van der Waals surface area contributed by atoms with Crippen molar-refractivity contribution in [1.29, 1.82) is 0 Å². The molecule has 1 atom stereocenters. The molecule has 0 saturated carbocycles. The number of hydrogen-bond donors (Lipinski definition) is 1. The lowest BCUT2D eigenvalue weighted by Gasteiger charge is -2.01. The van der Waals surface area contributed by atoms with Gasteiger partial charge in [-0.3, -0.25) is 0 Å². The number of aromatic amines is 1. The Labute approximate surface area is 96.3 Å². The summed E-state index contributed by atoms with van der Waals surface area (Å²) < 4.78 is 0. The van der Waals surface area contributed by atoms with Gasteiger partial charge in [0.2, 0.25) is 0 Å². The zero-order valence-corrected chi connectivity index (χ0v) is 10.4. The van der Waals surface area contributed by atoms with Gasteiger partial charge in [0.15, 0.2) is 5.65 Å². The Morgan fingerprint density at radius 3 is 2.56 bits per heavy atom. The van der Waals surface area contributed by atoms with Crippen molar-refractivity contribution in [2.45, 2.75) is 46.0 Å². The predicted octanol–water partition coefficient (Wildman–Crippen LogP) is 3.59. The SMILES string of the molecule is CCC(C)c1nc2nc(C(C)C)ccc2[nH]1. The largest absolute Gasteiger partial charge is 0.340 e. The number of H-pyrrole nitrogens is 1. The predicted molar refractivity (Wildman–Crippen MR) is 66.7 cm³/mol. The highest BCUT2D eigenvalue weighted by Gasteiger charge is 2.10. The van der Waals surface area contributed by atoms with Crippen LogP contribution in [0.2, 0.25) is 0 Å². The summed E-state index contributed by atoms with van der Waals surface area (Å²) in [5.74, 6) is 1.97. The van der Waals surface area contributed by atoms with E-state index in [2.05, 4.69) is 54.8 Å². The molecule has 0 aliphatic carbocycles. The average Bonchev–Trinajstić information content (AvgIpc) is 2.70. The van der Waals surface area contributed by atoms with E-state index in [1.807, 2.05) is 0 Å². The van der Waals surface area contributed by atoms with Crippen molar-refractivity contribution in [2.75, 3.05) is 0 Å². The van der Waals surface area contributed by atoms with Crippen molar-refractivity contribution in [2.24, 2.45) is 0 Å². The van der Waals surface area contributed by atoms with Crippen LogP contribution in [0, 0.1) is 0 Å². The second-order valence-electron chi connectivity index (χ2n) is 4.69. The number of pyridine rings is 1. The van der Waals surface area contributed by atoms with Gasteiger partial charge in [-0.2, -0.15) is 0 Å². The molecular weight excluding hydrogens is 198 g/mol. The number of aromatic nitrogens is 3. The maximum absolute atomic E-state index is 4.57. The highest BCUT2D eigenvalue weighted by atomic mass is 15.0. The van der Waals surface area contributed by atoms with E-state index >= 15 is 0 Å². The molecule has 1 N–H and O–H groups in total. The first-order valence-corrected chi connectivity index (χ1v) is 5.98. The molecule has 3 nitrogen and oxygen atoms in total. The van der Waals surface area contributed by atoms with Crippen LogP contribution in [0.15, 0.2) is 12.1 Å². The Balaban J connectivity index is 2.46. The van der Waals surface area contributed by atoms with E-state index < -0.39 is 0 Å². The fourth-order valence-corrected chi connectivity index (χ4v) is 1.67. The first kappa shape index (κ1) is 11.1. The first-order chi connectivity index (χ1) is 7.61. The lowest BCUT2D eigenvalue weighted by molar-refractivity contribution is 0.691. The summed E-state index contributed by atoms with van der Waals surface area (Å²) in [6.07, 6.45) is 1.09. The summed E-state index contributed by atoms with van der Waals surface area (Å²) in [5.41, 5.74) is 3.00. The highest BCUT2D eigenvalue weighted by Crippen LogP contribution is 2.20. The third-order valence-corrected chi connectivity index (χ3v) is 3.06. The van der Waals surface area contributed by atoms with Crippen LogP contribution in [-0.4, -0.2) is 15.0 Å². The van der Waals surface area contributed by atoms with Gasteiger partial charge in [0, 0.05) is 11.6 Å². The van der Waals surface area contributed by atoms with Gasteiger partial charge >= 0.3 is 0 Å². The minimum atomic E-state index is 0.452. The van der Waals surface area contributed by atoms with Crippen molar-refractivity contribution in [3.63, 3.8) is 0 Å². The molecule has 16 heavy (non-hydrogen) atoms. The van der Waals surface area contributed by atoms with Gasteiger partial charge in [-0.05, 0) is 24.5 Å². The van der Waals surface area contributed by atoms with E-state index in [4.69, 9.17) is 0 Å². The molecule has 2 aromatic rings. The third-order valence-electron chi connectivity index (χ3n) is 3.06. The fraction of sp³-hybridized carbons (Fsp3) is 0.538. The maximum Gasteiger partial charge on any atom is 0.177 e. The maximum atomic E-state index is 4.57. The summed E-state index contributed by atoms with van der Waals surface area (Å²) in [5, 5.41) is 0. The van der Waals surface area contributed by atoms with Gasteiger partial charge in [0.1, 0.15) is 5.82 Å². The number of nitrogens with zero attached hydrogens (tertiary/aromatic N) is 2. The lowest BCUT2D eigenvalue weighted by atomic mass is 10.1. The molecule has 0 spiro atoms. The van der Waals surface area contributed by atoms with E-state index in [1.54, 1.807) is 0 Å². The van der Waals surface area contributed by atoms with E-state index in [-0.39, 0.29) is 0 Å². The summed E-state index contributed by atoms with van der Waals surface area (Å²) >= 11 is 0. The molecule has 1 unspecified atom stereocenters. The summed E-state index contributed by atoms with van der Waals surface area (Å²) in [4.78, 5) is 12.5. The van der Waals surface area contributed by atoms with Gasteiger partial charge in [-0.1, -0.05) is 27.7 Å². The molecule has 0 aromatic carbocycles. The number of hydrogen-bond acceptors (Lipinski definition) is 2. The number of imidazole rings is 1. The minimum Gasteiger partial charge on any atom is -0.340 e. The molecule has 0 radical (unpaired) electrons. The van der Waals surface area contributed by atoms with Gasteiger partial charge in [0.05, 0.1) is 5.52 Å². The second kappa shape index (κ2) is 4.24. The zero-order valence-electron chi connectivity index (χ0n) is 10.4. The van der Waals surface area contributed by atoms with Crippen molar-refractivity contribution in [3.8, 4) is 0 Å². The van der Waals surface area contributed by atoms with Gasteiger partial charge < -0.3 is 4.98 Å². The summed E-state index contributed by atoms with van der Waals surface area (Å²) in [7, 11) is 0. The average molecular weight is 217 g/mol. The Kier molecular flexibility index (Phi) is 2.95. The molecule has 86 valence electrons. The molecule has 2 rings (SSSR count). The molecular formula is C13H19N3. The van der Waals surface area contributed by atoms with Crippen molar-refractivity contribution in [3.05, 3.63) is 23.7 Å². The van der Waals surface area contributed by atoms with E-state index in [0.717, 1.165) is 29.1 Å². The Hall–Kier alpha value is -1.38. The van der Waals surface area contributed by atoms with Gasteiger partial charge in [0.25, 0.3) is 0 Å². The minimum absolute atomic E-state index is 0.452. The van der Waals surface area contributed by atoms with E-state index in [0.29, 0.717) is 11.8 Å². The Bertz CT molecular complexity index is 485. The molecule has 0 amide bonds. The van der Waals surface area contributed by atoms with Crippen LogP contribution in [0.3, 0.4) is 0 Å². The number of nitrogens with one attached hydrogen (secondary N) is 1. The van der Waals surface area contributed by atoms with Crippen LogP contribution in [-0.2, 0) is 0 Å². The van der Waals surface area contributed by atoms with Crippen molar-refractivity contribution in [1.82, 2.24) is 15.0 Å². The van der Waals surface area contributed by atoms with Crippen LogP contribution in [0.5, 0.6) is 0 Å². The molecule has 0 saturated heterocycles. The second-order valence-corrected chi connectivity index (χ2v) is 4.69. The normalized spacial score (nSPS) is 13.6. The summed E-state index contributed by atoms with van der Waals surface area (Å²) in [6.45, 7) is 8.65. The quantitative estimate of drug-likeness (QED) is 0.853. The summed E-state index contributed by atoms with van der Waals surface area (Å²) in [6, 6.07) is 4.15. The molecule has 2 aromatic heterocycles. The van der Waals surface area contributed by atoms with Gasteiger partial charge in [-0.25, -0.2) is 9.97 Å². The van der Waals surface area contributed by atoms with E-state index in [9.17, 15) is 0 Å². The van der Waals surface area contributed by atoms with Crippen LogP contribution < -0.4 is 0 Å². The van der Waals surface area contributed by atoms with Crippen LogP contribution in [0.25, 0.3) is 11.2 Å².